The SMILES string of the molecule is O=C(c1ccccc1Cl)N(CCN1CCOCC1)CC(=O)N1N=C(c2ccccc2F)C[C@@H]1c1ccccc1. The highest BCUT2D eigenvalue weighted by Gasteiger charge is 2.35. The molecule has 2 aliphatic heterocycles. The maximum absolute atomic E-state index is 14.7. The minimum atomic E-state index is -0.412. The van der Waals surface area contributed by atoms with Gasteiger partial charge >= 0.3 is 0 Å². The Balaban J connectivity index is 1.42. The largest absolute Gasteiger partial charge is 0.379 e. The van der Waals surface area contributed by atoms with Gasteiger partial charge in [0.15, 0.2) is 0 Å². The lowest BCUT2D eigenvalue weighted by atomic mass is 9.98. The molecule has 0 radical (unpaired) electrons. The molecule has 3 aromatic carbocycles. The van der Waals surface area contributed by atoms with Gasteiger partial charge in [-0.1, -0.05) is 72.3 Å². The predicted octanol–water partition coefficient (Wildman–Crippen LogP) is 4.63. The zero-order valence-corrected chi connectivity index (χ0v) is 22.3. The molecule has 0 aromatic heterocycles. The summed E-state index contributed by atoms with van der Waals surface area (Å²) < 4.78 is 20.1. The van der Waals surface area contributed by atoms with Crippen LogP contribution in [0, 0.1) is 5.82 Å². The van der Waals surface area contributed by atoms with Crippen LogP contribution in [0.15, 0.2) is 84.0 Å². The van der Waals surface area contributed by atoms with Gasteiger partial charge in [0.2, 0.25) is 0 Å². The van der Waals surface area contributed by atoms with E-state index in [2.05, 4.69) is 10.0 Å². The average Bonchev–Trinajstić information content (AvgIpc) is 3.42. The Labute approximate surface area is 232 Å². The van der Waals surface area contributed by atoms with E-state index >= 15 is 0 Å². The lowest BCUT2D eigenvalue weighted by molar-refractivity contribution is -0.133. The first kappa shape index (κ1) is 27.0. The molecular weight excluding hydrogens is 519 g/mol. The number of amides is 2. The smallest absolute Gasteiger partial charge is 0.262 e. The molecule has 1 fully saturated rings. The van der Waals surface area contributed by atoms with Crippen LogP contribution in [0.1, 0.15) is 33.9 Å². The fraction of sp³-hybridized carbons (Fsp3) is 0.300. The van der Waals surface area contributed by atoms with Crippen LogP contribution in [-0.2, 0) is 9.53 Å². The van der Waals surface area contributed by atoms with Crippen molar-refractivity contribution in [2.75, 3.05) is 45.9 Å². The van der Waals surface area contributed by atoms with E-state index in [4.69, 9.17) is 16.3 Å². The lowest BCUT2D eigenvalue weighted by Crippen LogP contribution is -2.46. The van der Waals surface area contributed by atoms with Gasteiger partial charge in [-0.25, -0.2) is 9.40 Å². The molecule has 0 spiro atoms. The number of hydrazone groups is 1. The molecule has 2 heterocycles. The molecule has 39 heavy (non-hydrogen) atoms. The molecule has 1 saturated heterocycles. The minimum absolute atomic E-state index is 0.189. The standard InChI is InChI=1S/C30H30ClFN4O3/c31-25-12-6-4-10-23(25)30(38)35(15-14-34-16-18-39-19-17-34)21-29(37)36-28(22-8-2-1-3-9-22)20-27(33-36)24-11-5-7-13-26(24)32/h1-13,28H,14-21H2/t28-/m1/s1. The quantitative estimate of drug-likeness (QED) is 0.412. The van der Waals surface area contributed by atoms with Crippen molar-refractivity contribution >= 4 is 29.1 Å². The van der Waals surface area contributed by atoms with Crippen LogP contribution in [-0.4, -0.2) is 78.3 Å². The van der Waals surface area contributed by atoms with Crippen molar-refractivity contribution in [2.45, 2.75) is 12.5 Å². The van der Waals surface area contributed by atoms with E-state index in [9.17, 15) is 14.0 Å². The van der Waals surface area contributed by atoms with Gasteiger partial charge in [0.25, 0.3) is 11.8 Å². The van der Waals surface area contributed by atoms with Gasteiger partial charge in [0, 0.05) is 38.2 Å². The highest BCUT2D eigenvalue weighted by molar-refractivity contribution is 6.33. The molecular formula is C30H30ClFN4O3. The Kier molecular flexibility index (Phi) is 8.66. The second-order valence-corrected chi connectivity index (χ2v) is 9.96. The third-order valence-electron chi connectivity index (χ3n) is 7.04. The van der Waals surface area contributed by atoms with Crippen LogP contribution in [0.25, 0.3) is 0 Å². The van der Waals surface area contributed by atoms with Crippen molar-refractivity contribution in [1.29, 1.82) is 0 Å². The fourth-order valence-corrected chi connectivity index (χ4v) is 5.13. The van der Waals surface area contributed by atoms with Gasteiger partial charge in [-0.05, 0) is 23.8 Å². The molecule has 0 unspecified atom stereocenters. The van der Waals surface area contributed by atoms with E-state index in [1.165, 1.54) is 16.0 Å². The van der Waals surface area contributed by atoms with Gasteiger partial charge in [0.1, 0.15) is 12.4 Å². The maximum Gasteiger partial charge on any atom is 0.262 e. The highest BCUT2D eigenvalue weighted by Crippen LogP contribution is 2.33. The summed E-state index contributed by atoms with van der Waals surface area (Å²) in [6, 6.07) is 22.4. The predicted molar refractivity (Wildman–Crippen MR) is 148 cm³/mol. The molecule has 0 N–H and O–H groups in total. The minimum Gasteiger partial charge on any atom is -0.379 e. The van der Waals surface area contributed by atoms with Crippen molar-refractivity contribution in [3.8, 4) is 0 Å². The highest BCUT2D eigenvalue weighted by atomic mass is 35.5. The first-order valence-electron chi connectivity index (χ1n) is 13.0. The molecule has 202 valence electrons. The third-order valence-corrected chi connectivity index (χ3v) is 7.37. The number of carbonyl (C=O) groups excluding carboxylic acids is 2. The number of hydrogen-bond donors (Lipinski definition) is 0. The molecule has 1 atom stereocenters. The van der Waals surface area contributed by atoms with E-state index < -0.39 is 11.9 Å². The molecule has 0 bridgehead atoms. The van der Waals surface area contributed by atoms with Crippen molar-refractivity contribution in [2.24, 2.45) is 5.10 Å². The molecule has 3 aromatic rings. The van der Waals surface area contributed by atoms with Crippen LogP contribution in [0.3, 0.4) is 0 Å². The summed E-state index contributed by atoms with van der Waals surface area (Å²) in [5.74, 6) is -1.06. The third kappa shape index (κ3) is 6.36. The summed E-state index contributed by atoms with van der Waals surface area (Å²) in [5, 5.41) is 6.33. The molecule has 7 nitrogen and oxygen atoms in total. The topological polar surface area (TPSA) is 65.5 Å². The summed E-state index contributed by atoms with van der Waals surface area (Å²) in [5.41, 5.74) is 2.08. The average molecular weight is 549 g/mol. The second kappa shape index (κ2) is 12.5. The van der Waals surface area contributed by atoms with E-state index in [0.29, 0.717) is 54.6 Å². The fourth-order valence-electron chi connectivity index (χ4n) is 4.91. The van der Waals surface area contributed by atoms with Crippen LogP contribution in [0.2, 0.25) is 5.02 Å². The van der Waals surface area contributed by atoms with E-state index in [1.54, 1.807) is 42.5 Å². The Morgan fingerprint density at radius 1 is 0.974 bits per heavy atom. The number of ether oxygens (including phenoxy) is 1. The molecule has 2 aliphatic rings. The van der Waals surface area contributed by atoms with Crippen molar-refractivity contribution in [3.05, 3.63) is 106 Å². The monoisotopic (exact) mass is 548 g/mol. The number of hydrogen-bond acceptors (Lipinski definition) is 5. The Bertz CT molecular complexity index is 1350. The first-order valence-corrected chi connectivity index (χ1v) is 13.4. The maximum atomic E-state index is 14.7. The van der Waals surface area contributed by atoms with Crippen LogP contribution < -0.4 is 0 Å². The van der Waals surface area contributed by atoms with E-state index in [0.717, 1.165) is 18.7 Å². The van der Waals surface area contributed by atoms with Crippen molar-refractivity contribution in [3.63, 3.8) is 0 Å². The molecule has 0 saturated carbocycles. The van der Waals surface area contributed by atoms with Crippen LogP contribution >= 0.6 is 11.6 Å². The van der Waals surface area contributed by atoms with Gasteiger partial charge in [0.05, 0.1) is 35.6 Å². The molecule has 2 amide bonds. The zero-order valence-electron chi connectivity index (χ0n) is 21.5. The zero-order chi connectivity index (χ0) is 27.2. The van der Waals surface area contributed by atoms with Crippen molar-refractivity contribution < 1.29 is 18.7 Å². The number of morpholine rings is 1. The Hall–Kier alpha value is -3.59. The van der Waals surface area contributed by atoms with Crippen LogP contribution in [0.5, 0.6) is 0 Å². The lowest BCUT2D eigenvalue weighted by Gasteiger charge is -2.31. The number of benzene rings is 3. The number of carbonyl (C=O) groups is 2. The van der Waals surface area contributed by atoms with Gasteiger partial charge in [-0.15, -0.1) is 0 Å². The normalized spacial score (nSPS) is 17.6. The van der Waals surface area contributed by atoms with E-state index in [1.807, 2.05) is 30.3 Å². The summed E-state index contributed by atoms with van der Waals surface area (Å²) in [6.45, 7) is 3.55. The Morgan fingerprint density at radius 2 is 1.67 bits per heavy atom. The van der Waals surface area contributed by atoms with Gasteiger partial charge < -0.3 is 9.64 Å². The summed E-state index contributed by atoms with van der Waals surface area (Å²) in [4.78, 5) is 31.2. The Morgan fingerprint density at radius 3 is 2.41 bits per heavy atom. The number of rotatable bonds is 8. The van der Waals surface area contributed by atoms with E-state index in [-0.39, 0.29) is 18.4 Å². The van der Waals surface area contributed by atoms with Crippen LogP contribution in [0.4, 0.5) is 4.39 Å². The first-order chi connectivity index (χ1) is 19.0. The second-order valence-electron chi connectivity index (χ2n) is 9.56. The van der Waals surface area contributed by atoms with Gasteiger partial charge in [-0.3, -0.25) is 14.5 Å². The van der Waals surface area contributed by atoms with Gasteiger partial charge in [-0.2, -0.15) is 5.10 Å². The summed E-state index contributed by atoms with van der Waals surface area (Å²) >= 11 is 6.35. The molecule has 0 aliphatic carbocycles. The molecule has 5 rings (SSSR count). The summed E-state index contributed by atoms with van der Waals surface area (Å²) in [6.07, 6.45) is 0.364. The summed E-state index contributed by atoms with van der Waals surface area (Å²) in [7, 11) is 0. The number of nitrogens with zero attached hydrogens (tertiary/aromatic N) is 4. The molecule has 9 heteroatoms. The van der Waals surface area contributed by atoms with Crippen molar-refractivity contribution in [1.82, 2.24) is 14.8 Å². The number of halogens is 2.